The highest BCUT2D eigenvalue weighted by atomic mass is 35.5. The van der Waals surface area contributed by atoms with Crippen LogP contribution in [0, 0.1) is 11.8 Å². The van der Waals surface area contributed by atoms with Crippen molar-refractivity contribution < 1.29 is 19.4 Å². The molecule has 1 unspecified atom stereocenters. The highest BCUT2D eigenvalue weighted by molar-refractivity contribution is 6.33. The number of nitrogen functional groups attached to an aromatic ring is 1. The summed E-state index contributed by atoms with van der Waals surface area (Å²) in [4.78, 5) is 13.8. The molecule has 1 saturated heterocycles. The third-order valence-electron chi connectivity index (χ3n) is 5.64. The minimum absolute atomic E-state index is 0.0176. The van der Waals surface area contributed by atoms with Crippen LogP contribution in [0.25, 0.3) is 0 Å². The number of halogens is 1. The average molecular weight is 381 g/mol. The maximum Gasteiger partial charge on any atom is 0.348 e. The van der Waals surface area contributed by atoms with Crippen molar-refractivity contribution in [1.29, 1.82) is 0 Å². The number of fused-ring (bicyclic) bond motifs is 1. The Hall–Kier alpha value is -1.66. The molecule has 3 N–H and O–H groups in total. The van der Waals surface area contributed by atoms with E-state index in [0.29, 0.717) is 16.7 Å². The summed E-state index contributed by atoms with van der Waals surface area (Å²) < 4.78 is 11.3. The highest BCUT2D eigenvalue weighted by Crippen LogP contribution is 2.45. The first-order valence-electron chi connectivity index (χ1n) is 9.36. The maximum absolute atomic E-state index is 11.2. The zero-order valence-electron chi connectivity index (χ0n) is 14.7. The second-order valence-corrected chi connectivity index (χ2v) is 8.14. The van der Waals surface area contributed by atoms with E-state index in [4.69, 9.17) is 31.9 Å². The number of carboxylic acid groups (broad SMARTS) is 1. The Morgan fingerprint density at radius 3 is 2.62 bits per heavy atom. The summed E-state index contributed by atoms with van der Waals surface area (Å²) in [6.45, 7) is 3.52. The van der Waals surface area contributed by atoms with Crippen LogP contribution >= 0.6 is 11.6 Å². The van der Waals surface area contributed by atoms with Crippen LogP contribution in [-0.4, -0.2) is 48.3 Å². The lowest BCUT2D eigenvalue weighted by molar-refractivity contribution is -0.147. The first-order chi connectivity index (χ1) is 12.5. The maximum atomic E-state index is 11.2. The lowest BCUT2D eigenvalue weighted by Crippen LogP contribution is -2.37. The van der Waals surface area contributed by atoms with Gasteiger partial charge in [0, 0.05) is 6.54 Å². The third-order valence-corrected chi connectivity index (χ3v) is 5.96. The molecule has 3 aliphatic rings. The van der Waals surface area contributed by atoms with Crippen molar-refractivity contribution in [1.82, 2.24) is 4.90 Å². The van der Waals surface area contributed by atoms with Gasteiger partial charge in [-0.2, -0.15) is 0 Å². The predicted molar refractivity (Wildman–Crippen MR) is 99.0 cm³/mol. The van der Waals surface area contributed by atoms with E-state index in [9.17, 15) is 4.79 Å². The van der Waals surface area contributed by atoms with Crippen LogP contribution in [0.1, 0.15) is 31.2 Å². The van der Waals surface area contributed by atoms with Gasteiger partial charge >= 0.3 is 5.97 Å². The van der Waals surface area contributed by atoms with Gasteiger partial charge < -0.3 is 25.2 Å². The quantitative estimate of drug-likeness (QED) is 0.764. The van der Waals surface area contributed by atoms with Gasteiger partial charge in [-0.1, -0.05) is 11.6 Å². The van der Waals surface area contributed by atoms with Gasteiger partial charge in [0.05, 0.1) is 10.7 Å². The number of aliphatic carboxylic acids is 1. The molecule has 2 heterocycles. The molecular weight excluding hydrogens is 356 g/mol. The van der Waals surface area contributed by atoms with E-state index in [2.05, 4.69) is 4.90 Å². The SMILES string of the molecule is Nc1c(Cl)cc(CC2CCN(CC3CC3)CC2)c2c1OC(C(=O)O)CO2. The summed E-state index contributed by atoms with van der Waals surface area (Å²) in [7, 11) is 0. The summed E-state index contributed by atoms with van der Waals surface area (Å²) in [5.74, 6) is 1.26. The Morgan fingerprint density at radius 2 is 1.96 bits per heavy atom. The number of carboxylic acids is 1. The van der Waals surface area contributed by atoms with Crippen molar-refractivity contribution in [3.8, 4) is 11.5 Å². The van der Waals surface area contributed by atoms with Crippen LogP contribution in [0.5, 0.6) is 11.5 Å². The number of piperidine rings is 1. The van der Waals surface area contributed by atoms with Gasteiger partial charge in [0.1, 0.15) is 6.61 Å². The van der Waals surface area contributed by atoms with Crippen LogP contribution in [-0.2, 0) is 11.2 Å². The summed E-state index contributed by atoms with van der Waals surface area (Å²) in [5, 5.41) is 9.55. The van der Waals surface area contributed by atoms with E-state index in [-0.39, 0.29) is 18.0 Å². The van der Waals surface area contributed by atoms with Gasteiger partial charge in [0.25, 0.3) is 0 Å². The molecule has 6 nitrogen and oxygen atoms in total. The second-order valence-electron chi connectivity index (χ2n) is 7.74. The zero-order chi connectivity index (χ0) is 18.3. The Morgan fingerprint density at radius 1 is 1.23 bits per heavy atom. The van der Waals surface area contributed by atoms with Crippen molar-refractivity contribution in [2.75, 3.05) is 32.0 Å². The summed E-state index contributed by atoms with van der Waals surface area (Å²) in [5.41, 5.74) is 7.21. The average Bonchev–Trinajstić information content (AvgIpc) is 3.44. The van der Waals surface area contributed by atoms with E-state index < -0.39 is 12.1 Å². The molecule has 7 heteroatoms. The molecule has 0 radical (unpaired) electrons. The van der Waals surface area contributed by atoms with E-state index in [0.717, 1.165) is 43.8 Å². The Kier molecular flexibility index (Phi) is 4.88. The minimum Gasteiger partial charge on any atom is -0.485 e. The fourth-order valence-electron chi connectivity index (χ4n) is 3.91. The lowest BCUT2D eigenvalue weighted by Gasteiger charge is -2.33. The van der Waals surface area contributed by atoms with Gasteiger partial charge in [0.2, 0.25) is 6.10 Å². The van der Waals surface area contributed by atoms with Crippen LogP contribution in [0.4, 0.5) is 5.69 Å². The monoisotopic (exact) mass is 380 g/mol. The molecular formula is C19H25ClN2O4. The van der Waals surface area contributed by atoms with Crippen molar-refractivity contribution >= 4 is 23.3 Å². The molecule has 2 fully saturated rings. The lowest BCUT2D eigenvalue weighted by atomic mass is 9.89. The van der Waals surface area contributed by atoms with E-state index in [1.807, 2.05) is 6.07 Å². The van der Waals surface area contributed by atoms with E-state index >= 15 is 0 Å². The fraction of sp³-hybridized carbons (Fsp3) is 0.632. The summed E-state index contributed by atoms with van der Waals surface area (Å²) >= 11 is 6.27. The van der Waals surface area contributed by atoms with Crippen molar-refractivity contribution in [2.45, 2.75) is 38.2 Å². The smallest absolute Gasteiger partial charge is 0.348 e. The number of benzene rings is 1. The Labute approximate surface area is 158 Å². The first-order valence-corrected chi connectivity index (χ1v) is 9.74. The van der Waals surface area contributed by atoms with Crippen LogP contribution < -0.4 is 15.2 Å². The molecule has 1 saturated carbocycles. The van der Waals surface area contributed by atoms with E-state index in [1.54, 1.807) is 0 Å². The number of hydrogen-bond donors (Lipinski definition) is 2. The number of ether oxygens (including phenoxy) is 2. The van der Waals surface area contributed by atoms with Gasteiger partial charge in [-0.15, -0.1) is 0 Å². The fourth-order valence-corrected chi connectivity index (χ4v) is 4.12. The van der Waals surface area contributed by atoms with Gasteiger partial charge in [-0.3, -0.25) is 0 Å². The van der Waals surface area contributed by atoms with Crippen molar-refractivity contribution in [3.05, 3.63) is 16.7 Å². The summed E-state index contributed by atoms with van der Waals surface area (Å²) in [6, 6.07) is 1.84. The normalized spacial score (nSPS) is 23.8. The Balaban J connectivity index is 1.46. The predicted octanol–water partition coefficient (Wildman–Crippen LogP) is 2.81. The highest BCUT2D eigenvalue weighted by Gasteiger charge is 2.33. The van der Waals surface area contributed by atoms with Gasteiger partial charge in [-0.05, 0) is 68.7 Å². The number of carbonyl (C=O) groups is 1. The standard InChI is InChI=1S/C19H25ClN2O4/c20-14-8-13(7-11-3-5-22(6-4-11)9-12-1-2-12)17-18(16(14)21)26-15(10-25-17)19(23)24/h8,11-12,15H,1-7,9-10,21H2,(H,23,24). The molecule has 26 heavy (non-hydrogen) atoms. The molecule has 1 aliphatic carbocycles. The topological polar surface area (TPSA) is 85.0 Å². The summed E-state index contributed by atoms with van der Waals surface area (Å²) in [6.07, 6.45) is 4.89. The van der Waals surface area contributed by atoms with Crippen LogP contribution in [0.3, 0.4) is 0 Å². The molecule has 0 spiro atoms. The molecule has 0 aromatic heterocycles. The number of nitrogens with two attached hydrogens (primary N) is 1. The molecule has 142 valence electrons. The Bertz CT molecular complexity index is 699. The third kappa shape index (κ3) is 3.71. The van der Waals surface area contributed by atoms with Crippen LogP contribution in [0.2, 0.25) is 5.02 Å². The van der Waals surface area contributed by atoms with Crippen molar-refractivity contribution in [3.63, 3.8) is 0 Å². The number of nitrogens with zero attached hydrogens (tertiary/aromatic N) is 1. The molecule has 2 aliphatic heterocycles. The molecule has 0 bridgehead atoms. The largest absolute Gasteiger partial charge is 0.485 e. The van der Waals surface area contributed by atoms with Crippen LogP contribution in [0.15, 0.2) is 6.07 Å². The molecule has 4 rings (SSSR count). The zero-order valence-corrected chi connectivity index (χ0v) is 15.5. The first kappa shape index (κ1) is 17.7. The number of anilines is 1. The molecule has 0 amide bonds. The molecule has 1 aromatic rings. The second kappa shape index (κ2) is 7.16. The molecule has 1 atom stereocenters. The number of rotatable bonds is 5. The van der Waals surface area contributed by atoms with Gasteiger partial charge in [0.15, 0.2) is 11.5 Å². The number of hydrogen-bond acceptors (Lipinski definition) is 5. The van der Waals surface area contributed by atoms with E-state index in [1.165, 1.54) is 19.4 Å². The molecule has 1 aromatic carbocycles. The minimum atomic E-state index is -1.07. The number of likely N-dealkylation sites (tertiary alicyclic amines) is 1. The van der Waals surface area contributed by atoms with Crippen molar-refractivity contribution in [2.24, 2.45) is 11.8 Å². The van der Waals surface area contributed by atoms with Gasteiger partial charge in [-0.25, -0.2) is 4.79 Å².